The molecule has 2 heteroatoms. The van der Waals surface area contributed by atoms with E-state index in [9.17, 15) is 0 Å². The Hall–Kier alpha value is -1.49. The quantitative estimate of drug-likeness (QED) is 0.752. The van der Waals surface area contributed by atoms with Crippen molar-refractivity contribution in [2.45, 2.75) is 20.3 Å². The zero-order valence-electron chi connectivity index (χ0n) is 8.46. The van der Waals surface area contributed by atoms with E-state index >= 15 is 0 Å². The van der Waals surface area contributed by atoms with Gasteiger partial charge in [0.15, 0.2) is 0 Å². The smallest absolute Gasteiger partial charge is 0.0669 e. The molecule has 1 aromatic rings. The number of hydrogen-bond acceptors (Lipinski definition) is 2. The predicted molar refractivity (Wildman–Crippen MR) is 56.7 cm³/mol. The molecule has 0 heterocycles. The second-order valence-electron chi connectivity index (χ2n) is 2.28. The van der Waals surface area contributed by atoms with Gasteiger partial charge in [-0.2, -0.15) is 5.26 Å². The summed E-state index contributed by atoms with van der Waals surface area (Å²) in [7, 11) is 1.87. The summed E-state index contributed by atoms with van der Waals surface area (Å²) in [6, 6.07) is 9.94. The molecule has 0 aliphatic heterocycles. The molecule has 0 amide bonds. The first-order valence-corrected chi connectivity index (χ1v) is 4.50. The summed E-state index contributed by atoms with van der Waals surface area (Å²) in [5.41, 5.74) is 2.14. The summed E-state index contributed by atoms with van der Waals surface area (Å²) in [5.74, 6) is 0. The van der Waals surface area contributed by atoms with Crippen LogP contribution >= 0.6 is 0 Å². The Morgan fingerprint density at radius 3 is 2.15 bits per heavy atom. The Bertz CT molecular complexity index is 256. The summed E-state index contributed by atoms with van der Waals surface area (Å²) < 4.78 is 0. The molecule has 13 heavy (non-hydrogen) atoms. The fraction of sp³-hybridized carbons (Fsp3) is 0.364. The third kappa shape index (κ3) is 4.17. The minimum atomic E-state index is 0.490. The molecule has 0 unspecified atom stereocenters. The topological polar surface area (TPSA) is 35.8 Å². The Morgan fingerprint density at radius 2 is 1.77 bits per heavy atom. The van der Waals surface area contributed by atoms with Crippen LogP contribution in [0.3, 0.4) is 0 Å². The van der Waals surface area contributed by atoms with Gasteiger partial charge in [0.05, 0.1) is 12.5 Å². The van der Waals surface area contributed by atoms with Crippen LogP contribution in [0.15, 0.2) is 24.3 Å². The fourth-order valence-electron chi connectivity index (χ4n) is 0.881. The molecule has 0 atom stereocenters. The van der Waals surface area contributed by atoms with Crippen molar-refractivity contribution in [2.75, 3.05) is 12.4 Å². The van der Waals surface area contributed by atoms with Crippen LogP contribution in [-0.2, 0) is 6.42 Å². The van der Waals surface area contributed by atoms with Crippen molar-refractivity contribution in [3.8, 4) is 6.07 Å². The van der Waals surface area contributed by atoms with Gasteiger partial charge in [-0.15, -0.1) is 0 Å². The van der Waals surface area contributed by atoms with Gasteiger partial charge in [0, 0.05) is 12.7 Å². The van der Waals surface area contributed by atoms with Gasteiger partial charge in [0.1, 0.15) is 0 Å². The molecule has 1 N–H and O–H groups in total. The number of rotatable bonds is 2. The molecule has 0 saturated carbocycles. The molecule has 0 aromatic heterocycles. The normalized spacial score (nSPS) is 7.85. The van der Waals surface area contributed by atoms with Gasteiger partial charge >= 0.3 is 0 Å². The number of nitrogens with zero attached hydrogens (tertiary/aromatic N) is 1. The standard InChI is InChI=1S/C9H10N2.C2H6/c1-11-9-4-2-8(3-5-9)6-7-10;1-2/h2-5,11H,6H2,1H3;1-2H3. The van der Waals surface area contributed by atoms with Gasteiger partial charge in [-0.3, -0.25) is 0 Å². The number of nitriles is 1. The summed E-state index contributed by atoms with van der Waals surface area (Å²) in [5, 5.41) is 11.4. The van der Waals surface area contributed by atoms with Crippen molar-refractivity contribution in [2.24, 2.45) is 0 Å². The maximum atomic E-state index is 8.38. The number of hydrogen-bond donors (Lipinski definition) is 1. The van der Waals surface area contributed by atoms with E-state index in [1.807, 2.05) is 45.2 Å². The molecule has 0 bridgehead atoms. The van der Waals surface area contributed by atoms with Crippen molar-refractivity contribution in [1.29, 1.82) is 5.26 Å². The highest BCUT2D eigenvalue weighted by atomic mass is 14.8. The Labute approximate surface area is 80.2 Å². The molecule has 70 valence electrons. The highest BCUT2D eigenvalue weighted by Crippen LogP contribution is 2.08. The number of benzene rings is 1. The molecular formula is C11H16N2. The second kappa shape index (κ2) is 7.17. The Kier molecular flexibility index (Phi) is 6.35. The van der Waals surface area contributed by atoms with Crippen LogP contribution in [0.1, 0.15) is 19.4 Å². The van der Waals surface area contributed by atoms with Gasteiger partial charge in [0.25, 0.3) is 0 Å². The maximum Gasteiger partial charge on any atom is 0.0669 e. The van der Waals surface area contributed by atoms with E-state index < -0.39 is 0 Å². The summed E-state index contributed by atoms with van der Waals surface area (Å²) in [4.78, 5) is 0. The maximum absolute atomic E-state index is 8.38. The van der Waals surface area contributed by atoms with Crippen molar-refractivity contribution >= 4 is 5.69 Å². The molecule has 0 radical (unpaired) electrons. The van der Waals surface area contributed by atoms with Gasteiger partial charge in [0.2, 0.25) is 0 Å². The van der Waals surface area contributed by atoms with Gasteiger partial charge in [-0.25, -0.2) is 0 Å². The highest BCUT2D eigenvalue weighted by Gasteiger charge is 1.90. The molecule has 0 aliphatic rings. The lowest BCUT2D eigenvalue weighted by Gasteiger charge is -1.99. The molecule has 0 saturated heterocycles. The zero-order chi connectivity index (χ0) is 10.1. The molecule has 1 rings (SSSR count). The average Bonchev–Trinajstić information content (AvgIpc) is 2.23. The van der Waals surface area contributed by atoms with Crippen LogP contribution in [0.25, 0.3) is 0 Å². The molecule has 1 aromatic carbocycles. The van der Waals surface area contributed by atoms with Crippen molar-refractivity contribution in [1.82, 2.24) is 0 Å². The third-order valence-corrected chi connectivity index (χ3v) is 1.53. The lowest BCUT2D eigenvalue weighted by Crippen LogP contribution is -1.87. The van der Waals surface area contributed by atoms with E-state index in [4.69, 9.17) is 5.26 Å². The number of anilines is 1. The predicted octanol–water partition coefficient (Wildman–Crippen LogP) is 2.82. The van der Waals surface area contributed by atoms with Crippen molar-refractivity contribution < 1.29 is 0 Å². The van der Waals surface area contributed by atoms with Gasteiger partial charge in [-0.1, -0.05) is 26.0 Å². The van der Waals surface area contributed by atoms with Crippen LogP contribution in [-0.4, -0.2) is 7.05 Å². The van der Waals surface area contributed by atoms with Crippen LogP contribution in [0.4, 0.5) is 5.69 Å². The van der Waals surface area contributed by atoms with Gasteiger partial charge in [-0.05, 0) is 17.7 Å². The molecule has 0 aliphatic carbocycles. The minimum absolute atomic E-state index is 0.490. The van der Waals surface area contributed by atoms with E-state index in [0.717, 1.165) is 11.3 Å². The zero-order valence-corrected chi connectivity index (χ0v) is 8.46. The fourth-order valence-corrected chi connectivity index (χ4v) is 0.881. The third-order valence-electron chi connectivity index (χ3n) is 1.53. The summed E-state index contributed by atoms with van der Waals surface area (Å²) in [6.07, 6.45) is 0.490. The molecular weight excluding hydrogens is 160 g/mol. The first-order valence-electron chi connectivity index (χ1n) is 4.50. The van der Waals surface area contributed by atoms with Crippen LogP contribution in [0.5, 0.6) is 0 Å². The largest absolute Gasteiger partial charge is 0.388 e. The summed E-state index contributed by atoms with van der Waals surface area (Å²) in [6.45, 7) is 4.00. The Balaban J connectivity index is 0.000000671. The van der Waals surface area contributed by atoms with Gasteiger partial charge < -0.3 is 5.32 Å². The lowest BCUT2D eigenvalue weighted by molar-refractivity contribution is 1.26. The van der Waals surface area contributed by atoms with Crippen LogP contribution in [0.2, 0.25) is 0 Å². The molecule has 0 fully saturated rings. The van der Waals surface area contributed by atoms with E-state index in [0.29, 0.717) is 6.42 Å². The second-order valence-corrected chi connectivity index (χ2v) is 2.28. The minimum Gasteiger partial charge on any atom is -0.388 e. The molecule has 2 nitrogen and oxygen atoms in total. The summed E-state index contributed by atoms with van der Waals surface area (Å²) >= 11 is 0. The van der Waals surface area contributed by atoms with E-state index in [-0.39, 0.29) is 0 Å². The first kappa shape index (κ1) is 11.5. The molecule has 0 spiro atoms. The van der Waals surface area contributed by atoms with E-state index in [1.165, 1.54) is 0 Å². The van der Waals surface area contributed by atoms with Crippen molar-refractivity contribution in [3.63, 3.8) is 0 Å². The lowest BCUT2D eigenvalue weighted by atomic mass is 10.1. The van der Waals surface area contributed by atoms with E-state index in [1.54, 1.807) is 0 Å². The first-order chi connectivity index (χ1) is 6.36. The van der Waals surface area contributed by atoms with Crippen LogP contribution < -0.4 is 5.32 Å². The van der Waals surface area contributed by atoms with E-state index in [2.05, 4.69) is 11.4 Å². The number of nitrogens with one attached hydrogen (secondary N) is 1. The van der Waals surface area contributed by atoms with Crippen LogP contribution in [0, 0.1) is 11.3 Å². The monoisotopic (exact) mass is 176 g/mol. The average molecular weight is 176 g/mol. The SMILES string of the molecule is CC.CNc1ccc(CC#N)cc1. The highest BCUT2D eigenvalue weighted by molar-refractivity contribution is 5.44. The Morgan fingerprint density at radius 1 is 1.23 bits per heavy atom. The van der Waals surface area contributed by atoms with Crippen molar-refractivity contribution in [3.05, 3.63) is 29.8 Å².